The number of rotatable bonds is 3. The predicted molar refractivity (Wildman–Crippen MR) is 69.8 cm³/mol. The summed E-state index contributed by atoms with van der Waals surface area (Å²) in [5.74, 6) is 2.20. The zero-order valence-electron chi connectivity index (χ0n) is 10.8. The van der Waals surface area contributed by atoms with Crippen LogP contribution in [0.3, 0.4) is 0 Å². The van der Waals surface area contributed by atoms with Gasteiger partial charge < -0.3 is 4.98 Å². The van der Waals surface area contributed by atoms with Crippen molar-refractivity contribution in [2.75, 3.05) is 0 Å². The van der Waals surface area contributed by atoms with Gasteiger partial charge in [-0.05, 0) is 56.3 Å². The maximum Gasteiger partial charge on any atom is 0.258 e. The van der Waals surface area contributed by atoms with E-state index >= 15 is 0 Å². The van der Waals surface area contributed by atoms with Crippen LogP contribution in [0.5, 0.6) is 0 Å². The zero-order valence-corrected chi connectivity index (χ0v) is 11.6. The Labute approximate surface area is 113 Å². The van der Waals surface area contributed by atoms with Crippen molar-refractivity contribution < 1.29 is 8.42 Å². The van der Waals surface area contributed by atoms with Crippen molar-refractivity contribution in [3.63, 3.8) is 0 Å². The van der Waals surface area contributed by atoms with Crippen LogP contribution in [0.2, 0.25) is 0 Å². The monoisotopic (exact) mass is 281 g/mol. The van der Waals surface area contributed by atoms with Crippen LogP contribution in [-0.4, -0.2) is 23.9 Å². The average molecular weight is 281 g/mol. The molecule has 4 bridgehead atoms. The van der Waals surface area contributed by atoms with Crippen LogP contribution in [0, 0.1) is 17.8 Å². The van der Waals surface area contributed by atoms with Gasteiger partial charge >= 0.3 is 0 Å². The Morgan fingerprint density at radius 2 is 1.74 bits per heavy atom. The third-order valence-electron chi connectivity index (χ3n) is 5.15. The van der Waals surface area contributed by atoms with Gasteiger partial charge in [0.2, 0.25) is 0 Å². The summed E-state index contributed by atoms with van der Waals surface area (Å²) in [5.41, 5.74) is -0.182. The molecule has 4 fully saturated rings. The zero-order chi connectivity index (χ0) is 13.1. The highest BCUT2D eigenvalue weighted by Gasteiger charge is 2.52. The van der Waals surface area contributed by atoms with E-state index in [1.807, 2.05) is 0 Å². The van der Waals surface area contributed by atoms with E-state index in [1.165, 1.54) is 31.8 Å². The minimum atomic E-state index is -3.45. The minimum Gasteiger partial charge on any atom is -0.335 e. The molecule has 0 unspecified atom stereocenters. The Bertz CT molecular complexity index is 544. The summed E-state index contributed by atoms with van der Waals surface area (Å²) < 4.78 is 27.8. The molecule has 0 spiro atoms. The average Bonchev–Trinajstić information content (AvgIpc) is 2.78. The van der Waals surface area contributed by atoms with Crippen LogP contribution >= 0.6 is 0 Å². The molecule has 104 valence electrons. The molecule has 5 rings (SSSR count). The van der Waals surface area contributed by atoms with E-state index in [0.29, 0.717) is 0 Å². The lowest BCUT2D eigenvalue weighted by Crippen LogP contribution is -2.59. The van der Waals surface area contributed by atoms with Crippen molar-refractivity contribution >= 4 is 10.0 Å². The molecule has 4 aliphatic carbocycles. The maximum atomic E-state index is 12.4. The predicted octanol–water partition coefficient (Wildman–Crippen LogP) is 1.66. The van der Waals surface area contributed by atoms with E-state index in [1.54, 1.807) is 0 Å². The molecule has 5 nitrogen and oxygen atoms in total. The molecule has 1 aromatic rings. The molecule has 0 radical (unpaired) electrons. The van der Waals surface area contributed by atoms with Crippen molar-refractivity contribution in [3.05, 3.63) is 12.5 Å². The molecule has 6 heteroatoms. The Morgan fingerprint density at radius 3 is 2.21 bits per heavy atom. The van der Waals surface area contributed by atoms with Gasteiger partial charge in [-0.2, -0.15) is 0 Å². The summed E-state index contributed by atoms with van der Waals surface area (Å²) in [5, 5.41) is 0.184. The van der Waals surface area contributed by atoms with Gasteiger partial charge in [-0.25, -0.2) is 18.1 Å². The normalized spacial score (nSPS) is 40.7. The molecule has 0 saturated heterocycles. The lowest BCUT2D eigenvalue weighted by Gasteiger charge is -2.56. The SMILES string of the molecule is O=S(=O)(NC12CC3CC(CC(C3)C1)C2)c1cnc[nH]1. The van der Waals surface area contributed by atoms with Gasteiger partial charge in [-0.15, -0.1) is 0 Å². The van der Waals surface area contributed by atoms with Gasteiger partial charge in [0.25, 0.3) is 10.0 Å². The molecule has 1 heterocycles. The van der Waals surface area contributed by atoms with Gasteiger partial charge in [0.05, 0.1) is 12.5 Å². The fourth-order valence-electron chi connectivity index (χ4n) is 4.97. The summed E-state index contributed by atoms with van der Waals surface area (Å²) in [6.45, 7) is 0. The van der Waals surface area contributed by atoms with Crippen LogP contribution in [0.4, 0.5) is 0 Å². The van der Waals surface area contributed by atoms with Crippen molar-refractivity contribution in [3.8, 4) is 0 Å². The van der Waals surface area contributed by atoms with Crippen LogP contribution < -0.4 is 4.72 Å². The summed E-state index contributed by atoms with van der Waals surface area (Å²) in [7, 11) is -3.45. The topological polar surface area (TPSA) is 74.8 Å². The van der Waals surface area contributed by atoms with Crippen molar-refractivity contribution in [1.82, 2.24) is 14.7 Å². The second-order valence-electron chi connectivity index (χ2n) is 6.72. The number of nitrogens with zero attached hydrogens (tertiary/aromatic N) is 1. The Kier molecular flexibility index (Phi) is 2.39. The highest BCUT2D eigenvalue weighted by atomic mass is 32.2. The number of sulfonamides is 1. The van der Waals surface area contributed by atoms with Gasteiger partial charge in [0, 0.05) is 5.54 Å². The molecular weight excluding hydrogens is 262 g/mol. The first-order chi connectivity index (χ1) is 9.05. The third kappa shape index (κ3) is 1.92. The van der Waals surface area contributed by atoms with E-state index in [9.17, 15) is 8.42 Å². The van der Waals surface area contributed by atoms with Crippen LogP contribution in [0.25, 0.3) is 0 Å². The Balaban J connectivity index is 1.63. The van der Waals surface area contributed by atoms with Gasteiger partial charge in [0.1, 0.15) is 0 Å². The van der Waals surface area contributed by atoms with E-state index in [4.69, 9.17) is 0 Å². The molecule has 2 N–H and O–H groups in total. The van der Waals surface area contributed by atoms with Crippen molar-refractivity contribution in [2.24, 2.45) is 17.8 Å². The molecule has 4 aliphatic rings. The first-order valence-corrected chi connectivity index (χ1v) is 8.55. The number of nitrogens with one attached hydrogen (secondary N) is 2. The van der Waals surface area contributed by atoms with Crippen LogP contribution in [0.1, 0.15) is 38.5 Å². The summed E-state index contributed by atoms with van der Waals surface area (Å²) in [6, 6.07) is 0. The number of hydrogen-bond acceptors (Lipinski definition) is 3. The van der Waals surface area contributed by atoms with Crippen molar-refractivity contribution in [2.45, 2.75) is 49.1 Å². The highest BCUT2D eigenvalue weighted by molar-refractivity contribution is 7.89. The largest absolute Gasteiger partial charge is 0.335 e. The second kappa shape index (κ2) is 3.82. The number of aromatic nitrogens is 2. The minimum absolute atomic E-state index is 0.182. The van der Waals surface area contributed by atoms with E-state index < -0.39 is 10.0 Å². The molecule has 0 amide bonds. The Hall–Kier alpha value is -0.880. The molecule has 4 saturated carbocycles. The first-order valence-electron chi connectivity index (χ1n) is 7.07. The molecule has 0 aromatic carbocycles. The number of imidazole rings is 1. The number of hydrogen-bond donors (Lipinski definition) is 2. The van der Waals surface area contributed by atoms with E-state index in [-0.39, 0.29) is 10.6 Å². The fourth-order valence-corrected chi connectivity index (χ4v) is 6.30. The van der Waals surface area contributed by atoms with Gasteiger partial charge in [-0.1, -0.05) is 0 Å². The quantitative estimate of drug-likeness (QED) is 0.884. The standard InChI is InChI=1S/C13H19N3O2S/c17-19(18,12-7-14-8-15-12)16-13-4-9-1-10(5-13)3-11(2-9)6-13/h7-11,16H,1-6H2,(H,14,15). The van der Waals surface area contributed by atoms with Crippen LogP contribution in [-0.2, 0) is 10.0 Å². The Morgan fingerprint density at radius 1 is 1.16 bits per heavy atom. The highest BCUT2D eigenvalue weighted by Crippen LogP contribution is 2.55. The second-order valence-corrected chi connectivity index (χ2v) is 8.37. The number of H-pyrrole nitrogens is 1. The molecular formula is C13H19N3O2S. The van der Waals surface area contributed by atoms with E-state index in [2.05, 4.69) is 14.7 Å². The fraction of sp³-hybridized carbons (Fsp3) is 0.769. The molecule has 19 heavy (non-hydrogen) atoms. The number of aromatic amines is 1. The van der Waals surface area contributed by atoms with Crippen LogP contribution in [0.15, 0.2) is 17.6 Å². The maximum absolute atomic E-state index is 12.4. The summed E-state index contributed by atoms with van der Waals surface area (Å²) in [6.07, 6.45) is 9.78. The molecule has 0 aliphatic heterocycles. The van der Waals surface area contributed by atoms with Crippen molar-refractivity contribution in [1.29, 1.82) is 0 Å². The van der Waals surface area contributed by atoms with E-state index in [0.717, 1.165) is 37.0 Å². The lowest BCUT2D eigenvalue weighted by molar-refractivity contribution is -0.00813. The van der Waals surface area contributed by atoms with Gasteiger partial charge in [0.15, 0.2) is 5.03 Å². The smallest absolute Gasteiger partial charge is 0.258 e. The third-order valence-corrected chi connectivity index (χ3v) is 6.66. The molecule has 0 atom stereocenters. The lowest BCUT2D eigenvalue weighted by atomic mass is 9.53. The van der Waals surface area contributed by atoms with Gasteiger partial charge in [-0.3, -0.25) is 0 Å². The first kappa shape index (κ1) is 11.9. The summed E-state index contributed by atoms with van der Waals surface area (Å²) >= 11 is 0. The molecule has 1 aromatic heterocycles. The summed E-state index contributed by atoms with van der Waals surface area (Å²) in [4.78, 5) is 6.51.